The number of esters is 1. The van der Waals surface area contributed by atoms with E-state index in [9.17, 15) is 14.9 Å². The van der Waals surface area contributed by atoms with Gasteiger partial charge in [-0.2, -0.15) is 0 Å². The molecule has 1 heterocycles. The highest BCUT2D eigenvalue weighted by Gasteiger charge is 2.26. The topological polar surface area (TPSA) is 100 Å². The van der Waals surface area contributed by atoms with E-state index in [1.807, 2.05) is 13.8 Å². The van der Waals surface area contributed by atoms with Crippen molar-refractivity contribution in [3.05, 3.63) is 67.3 Å². The first kappa shape index (κ1) is 22.6. The number of ether oxygens (including phenoxy) is 3. The van der Waals surface area contributed by atoms with Gasteiger partial charge in [-0.15, -0.1) is 0 Å². The SMILES string of the molecule is COc1cc(/C=C2\N=C(c3ccc(Cl)c([N+](=O)[O-])c3)OC2=O)cc(Cl)c1OCC(C)C. The number of aliphatic imine (C=N–C) groups is 1. The van der Waals surface area contributed by atoms with Crippen LogP contribution in [0.4, 0.5) is 5.69 Å². The quantitative estimate of drug-likeness (QED) is 0.238. The average molecular weight is 465 g/mol. The van der Waals surface area contributed by atoms with E-state index >= 15 is 0 Å². The number of carbonyl (C=O) groups excluding carboxylic acids is 1. The third-order valence-electron chi connectivity index (χ3n) is 4.13. The number of nitro benzene ring substituents is 1. The Kier molecular flexibility index (Phi) is 6.82. The van der Waals surface area contributed by atoms with Crippen molar-refractivity contribution in [2.24, 2.45) is 10.9 Å². The van der Waals surface area contributed by atoms with Crippen molar-refractivity contribution in [1.82, 2.24) is 0 Å². The number of nitro groups is 1. The molecule has 0 unspecified atom stereocenters. The van der Waals surface area contributed by atoms with Gasteiger partial charge in [-0.3, -0.25) is 10.1 Å². The van der Waals surface area contributed by atoms with Crippen LogP contribution in [0.3, 0.4) is 0 Å². The largest absolute Gasteiger partial charge is 0.493 e. The number of cyclic esters (lactones) is 1. The first-order chi connectivity index (χ1) is 14.7. The summed E-state index contributed by atoms with van der Waals surface area (Å²) in [5.74, 6) is 0.344. The number of benzene rings is 2. The zero-order valence-corrected chi connectivity index (χ0v) is 18.4. The second-order valence-corrected chi connectivity index (χ2v) is 7.81. The van der Waals surface area contributed by atoms with Crippen molar-refractivity contribution in [3.8, 4) is 11.5 Å². The van der Waals surface area contributed by atoms with Gasteiger partial charge in [-0.25, -0.2) is 9.79 Å². The molecule has 0 aromatic heterocycles. The molecule has 0 radical (unpaired) electrons. The van der Waals surface area contributed by atoms with Gasteiger partial charge in [-0.1, -0.05) is 37.0 Å². The van der Waals surface area contributed by atoms with Crippen LogP contribution in [0.2, 0.25) is 10.0 Å². The van der Waals surface area contributed by atoms with Crippen molar-refractivity contribution in [2.75, 3.05) is 13.7 Å². The number of hydrogen-bond acceptors (Lipinski definition) is 7. The van der Waals surface area contributed by atoms with E-state index in [-0.39, 0.29) is 27.9 Å². The van der Waals surface area contributed by atoms with Crippen LogP contribution in [0.25, 0.3) is 6.08 Å². The summed E-state index contributed by atoms with van der Waals surface area (Å²) in [6.07, 6.45) is 1.47. The summed E-state index contributed by atoms with van der Waals surface area (Å²) < 4.78 is 16.2. The third-order valence-corrected chi connectivity index (χ3v) is 4.73. The monoisotopic (exact) mass is 464 g/mol. The summed E-state index contributed by atoms with van der Waals surface area (Å²) in [6.45, 7) is 4.48. The maximum Gasteiger partial charge on any atom is 0.363 e. The van der Waals surface area contributed by atoms with Crippen molar-refractivity contribution >= 4 is 46.8 Å². The number of nitrogens with zero attached hydrogens (tertiary/aromatic N) is 2. The van der Waals surface area contributed by atoms with E-state index in [4.69, 9.17) is 37.4 Å². The summed E-state index contributed by atoms with van der Waals surface area (Å²) in [5, 5.41) is 11.4. The van der Waals surface area contributed by atoms with E-state index < -0.39 is 10.9 Å². The molecule has 0 saturated carbocycles. The molecule has 1 aliphatic rings. The van der Waals surface area contributed by atoms with E-state index in [1.165, 1.54) is 31.4 Å². The molecule has 0 fully saturated rings. The summed E-state index contributed by atoms with van der Waals surface area (Å²) in [7, 11) is 1.48. The van der Waals surface area contributed by atoms with Gasteiger partial charge >= 0.3 is 5.97 Å². The van der Waals surface area contributed by atoms with E-state index in [0.717, 1.165) is 0 Å². The molecule has 0 N–H and O–H groups in total. The summed E-state index contributed by atoms with van der Waals surface area (Å²) in [4.78, 5) is 26.9. The highest BCUT2D eigenvalue weighted by atomic mass is 35.5. The first-order valence-corrected chi connectivity index (χ1v) is 9.92. The smallest absolute Gasteiger partial charge is 0.363 e. The maximum absolute atomic E-state index is 12.3. The Morgan fingerprint density at radius 1 is 1.23 bits per heavy atom. The second-order valence-electron chi connectivity index (χ2n) is 7.00. The van der Waals surface area contributed by atoms with Crippen molar-refractivity contribution < 1.29 is 23.9 Å². The molecule has 0 saturated heterocycles. The van der Waals surface area contributed by atoms with Crippen LogP contribution < -0.4 is 9.47 Å². The minimum atomic E-state index is -0.706. The standard InChI is InChI=1S/C21H18Cl2N2O6/c1-11(2)10-30-19-15(23)6-12(8-18(19)29-3)7-16-21(26)31-20(24-16)13-4-5-14(22)17(9-13)25(27)28/h4-9,11H,10H2,1-3H3/b16-7-. The lowest BCUT2D eigenvalue weighted by Crippen LogP contribution is -2.06. The molecule has 0 spiro atoms. The van der Waals surface area contributed by atoms with Gasteiger partial charge in [0.15, 0.2) is 17.2 Å². The van der Waals surface area contributed by atoms with Crippen molar-refractivity contribution in [1.29, 1.82) is 0 Å². The summed E-state index contributed by atoms with van der Waals surface area (Å²) in [6, 6.07) is 7.28. The second kappa shape index (κ2) is 9.36. The lowest BCUT2D eigenvalue weighted by Gasteiger charge is -2.14. The summed E-state index contributed by atoms with van der Waals surface area (Å²) in [5.41, 5.74) is 0.476. The molecule has 0 amide bonds. The van der Waals surface area contributed by atoms with Crippen LogP contribution in [0.1, 0.15) is 25.0 Å². The van der Waals surface area contributed by atoms with E-state index in [0.29, 0.717) is 34.6 Å². The fourth-order valence-electron chi connectivity index (χ4n) is 2.69. The maximum atomic E-state index is 12.3. The molecule has 0 aliphatic carbocycles. The van der Waals surface area contributed by atoms with Crippen molar-refractivity contribution in [2.45, 2.75) is 13.8 Å². The minimum absolute atomic E-state index is 0.00146. The fourth-order valence-corrected chi connectivity index (χ4v) is 3.15. The van der Waals surface area contributed by atoms with Crippen LogP contribution in [0.15, 0.2) is 41.0 Å². The molecular weight excluding hydrogens is 447 g/mol. The number of methoxy groups -OCH3 is 1. The Labute approximate surface area is 188 Å². The van der Waals surface area contributed by atoms with Crippen LogP contribution in [-0.4, -0.2) is 30.5 Å². The van der Waals surface area contributed by atoms with Gasteiger partial charge in [0.2, 0.25) is 5.90 Å². The molecule has 2 aromatic rings. The molecule has 8 nitrogen and oxygen atoms in total. The van der Waals surface area contributed by atoms with Gasteiger partial charge in [0.25, 0.3) is 5.69 Å². The number of halogens is 2. The number of carbonyl (C=O) groups is 1. The minimum Gasteiger partial charge on any atom is -0.493 e. The zero-order valence-electron chi connectivity index (χ0n) is 16.8. The lowest BCUT2D eigenvalue weighted by atomic mass is 10.1. The van der Waals surface area contributed by atoms with Crippen molar-refractivity contribution in [3.63, 3.8) is 0 Å². The highest BCUT2D eigenvalue weighted by Crippen LogP contribution is 2.37. The molecule has 162 valence electrons. The van der Waals surface area contributed by atoms with Gasteiger partial charge < -0.3 is 14.2 Å². The molecule has 31 heavy (non-hydrogen) atoms. The molecule has 2 aromatic carbocycles. The Hall–Kier alpha value is -3.10. The van der Waals surface area contributed by atoms with E-state index in [2.05, 4.69) is 4.99 Å². The predicted octanol–water partition coefficient (Wildman–Crippen LogP) is 5.29. The van der Waals surface area contributed by atoms with Gasteiger partial charge in [0, 0.05) is 11.6 Å². The molecule has 0 atom stereocenters. The highest BCUT2D eigenvalue weighted by molar-refractivity contribution is 6.33. The van der Waals surface area contributed by atoms with Crippen LogP contribution in [0, 0.1) is 16.0 Å². The normalized spacial score (nSPS) is 14.6. The Morgan fingerprint density at radius 2 is 1.97 bits per heavy atom. The first-order valence-electron chi connectivity index (χ1n) is 9.16. The molecule has 3 rings (SSSR count). The lowest BCUT2D eigenvalue weighted by molar-refractivity contribution is -0.384. The predicted molar refractivity (Wildman–Crippen MR) is 117 cm³/mol. The number of rotatable bonds is 7. The van der Waals surface area contributed by atoms with Gasteiger partial charge in [0.05, 0.1) is 23.7 Å². The summed E-state index contributed by atoms with van der Waals surface area (Å²) >= 11 is 12.2. The average Bonchev–Trinajstić information content (AvgIpc) is 3.07. The third kappa shape index (κ3) is 5.15. The van der Waals surface area contributed by atoms with E-state index in [1.54, 1.807) is 12.1 Å². The van der Waals surface area contributed by atoms with Crippen LogP contribution in [-0.2, 0) is 9.53 Å². The van der Waals surface area contributed by atoms with Gasteiger partial charge in [0.1, 0.15) is 5.02 Å². The van der Waals surface area contributed by atoms with Crippen LogP contribution >= 0.6 is 23.2 Å². The zero-order chi connectivity index (χ0) is 22.7. The fraction of sp³-hybridized carbons (Fsp3) is 0.238. The molecule has 1 aliphatic heterocycles. The van der Waals surface area contributed by atoms with Crippen LogP contribution in [0.5, 0.6) is 11.5 Å². The molecule has 10 heteroatoms. The Bertz CT molecular complexity index is 1110. The molecule has 0 bridgehead atoms. The molecular formula is C21H18Cl2N2O6. The Balaban J connectivity index is 1.94. The number of hydrogen-bond donors (Lipinski definition) is 0. The Morgan fingerprint density at radius 3 is 2.61 bits per heavy atom. The van der Waals surface area contributed by atoms with Gasteiger partial charge in [-0.05, 0) is 41.8 Å².